The minimum absolute atomic E-state index is 0.0564. The van der Waals surface area contributed by atoms with Crippen LogP contribution in [0.2, 0.25) is 0 Å². The van der Waals surface area contributed by atoms with Crippen LogP contribution in [0, 0.1) is 5.92 Å². The van der Waals surface area contributed by atoms with Gasteiger partial charge in [-0.3, -0.25) is 18.7 Å². The highest BCUT2D eigenvalue weighted by molar-refractivity contribution is 5.76. The van der Waals surface area contributed by atoms with Crippen molar-refractivity contribution in [3.63, 3.8) is 0 Å². The summed E-state index contributed by atoms with van der Waals surface area (Å²) < 4.78 is 2.25. The second-order valence-corrected chi connectivity index (χ2v) is 6.66. The number of aromatic nitrogens is 2. The Morgan fingerprint density at radius 3 is 2.57 bits per heavy atom. The summed E-state index contributed by atoms with van der Waals surface area (Å²) in [6.45, 7) is 7.43. The summed E-state index contributed by atoms with van der Waals surface area (Å²) in [6.07, 6.45) is 3.23. The Morgan fingerprint density at radius 2 is 1.96 bits per heavy atom. The summed E-state index contributed by atoms with van der Waals surface area (Å²) in [5.74, 6) is 0.464. The summed E-state index contributed by atoms with van der Waals surface area (Å²) in [5, 5.41) is 2.99. The topological polar surface area (TPSA) is 76.3 Å². The van der Waals surface area contributed by atoms with Crippen LogP contribution >= 0.6 is 0 Å². The molecule has 1 aromatic rings. The lowest BCUT2D eigenvalue weighted by Gasteiger charge is -2.33. The molecule has 23 heavy (non-hydrogen) atoms. The minimum Gasteiger partial charge on any atom is -0.352 e. The summed E-state index contributed by atoms with van der Waals surface area (Å²) in [6, 6.07) is 1.45. The first kappa shape index (κ1) is 17.5. The average Bonchev–Trinajstić information content (AvgIpc) is 2.49. The van der Waals surface area contributed by atoms with Gasteiger partial charge in [-0.1, -0.05) is 13.8 Å². The normalized spacial score (nSPS) is 16.7. The Kier molecular flexibility index (Phi) is 5.76. The maximum Gasteiger partial charge on any atom is 0.331 e. The molecule has 7 nitrogen and oxygen atoms in total. The molecule has 128 valence electrons. The second kappa shape index (κ2) is 7.59. The molecule has 0 saturated carbocycles. The van der Waals surface area contributed by atoms with Gasteiger partial charge in [0.05, 0.1) is 0 Å². The van der Waals surface area contributed by atoms with Gasteiger partial charge in [-0.15, -0.1) is 0 Å². The van der Waals surface area contributed by atoms with Crippen LogP contribution in [0.5, 0.6) is 0 Å². The van der Waals surface area contributed by atoms with E-state index in [0.717, 1.165) is 37.0 Å². The molecule has 0 aliphatic carbocycles. The number of amides is 1. The smallest absolute Gasteiger partial charge is 0.331 e. The van der Waals surface area contributed by atoms with E-state index in [-0.39, 0.29) is 24.1 Å². The van der Waals surface area contributed by atoms with Crippen LogP contribution in [0.15, 0.2) is 21.9 Å². The van der Waals surface area contributed by atoms with Crippen LogP contribution in [0.25, 0.3) is 0 Å². The quantitative estimate of drug-likeness (QED) is 0.813. The van der Waals surface area contributed by atoms with E-state index < -0.39 is 5.69 Å². The van der Waals surface area contributed by atoms with E-state index >= 15 is 0 Å². The molecule has 0 aromatic carbocycles. The fraction of sp³-hybridized carbons (Fsp3) is 0.688. The molecule has 2 heterocycles. The number of rotatable bonds is 5. The van der Waals surface area contributed by atoms with Crippen molar-refractivity contribution in [2.24, 2.45) is 13.0 Å². The maximum atomic E-state index is 12.1. The molecule has 1 amide bonds. The molecule has 1 aromatic heterocycles. The number of nitrogens with one attached hydrogen (secondary N) is 1. The monoisotopic (exact) mass is 322 g/mol. The molecule has 1 aliphatic heterocycles. The maximum absolute atomic E-state index is 12.1. The zero-order chi connectivity index (χ0) is 17.0. The summed E-state index contributed by atoms with van der Waals surface area (Å²) in [5.41, 5.74) is -0.844. The number of hydrogen-bond acceptors (Lipinski definition) is 4. The van der Waals surface area contributed by atoms with Gasteiger partial charge in [-0.2, -0.15) is 0 Å². The third-order valence-corrected chi connectivity index (χ3v) is 4.15. The molecule has 1 N–H and O–H groups in total. The van der Waals surface area contributed by atoms with Crippen LogP contribution in [-0.4, -0.2) is 45.6 Å². The zero-order valence-electron chi connectivity index (χ0n) is 14.1. The summed E-state index contributed by atoms with van der Waals surface area (Å²) in [4.78, 5) is 37.8. The van der Waals surface area contributed by atoms with Gasteiger partial charge in [0.15, 0.2) is 0 Å². The molecule has 2 rings (SSSR count). The van der Waals surface area contributed by atoms with Crippen molar-refractivity contribution in [2.45, 2.75) is 39.3 Å². The average molecular weight is 322 g/mol. The third kappa shape index (κ3) is 4.79. The Hall–Kier alpha value is -1.89. The van der Waals surface area contributed by atoms with Crippen LogP contribution in [0.1, 0.15) is 26.7 Å². The highest BCUT2D eigenvalue weighted by atomic mass is 16.2. The number of carbonyl (C=O) groups excluding carboxylic acids is 1. The van der Waals surface area contributed by atoms with E-state index in [1.54, 1.807) is 0 Å². The van der Waals surface area contributed by atoms with E-state index in [2.05, 4.69) is 24.1 Å². The molecule has 7 heteroatoms. The molecule has 1 fully saturated rings. The van der Waals surface area contributed by atoms with Gasteiger partial charge in [0, 0.05) is 45.0 Å². The number of hydrogen-bond donors (Lipinski definition) is 1. The van der Waals surface area contributed by atoms with Crippen molar-refractivity contribution >= 4 is 5.91 Å². The van der Waals surface area contributed by atoms with Crippen molar-refractivity contribution in [1.82, 2.24) is 19.4 Å². The standard InChI is InChI=1S/C16H26N4O3/c1-12(2)10-19-7-4-13(5-8-19)17-14(21)11-20-9-6-15(22)18(3)16(20)23/h6,9,12-13H,4-5,7-8,10-11H2,1-3H3,(H,17,21). The number of carbonyl (C=O) groups is 1. The van der Waals surface area contributed by atoms with E-state index in [1.807, 2.05) is 0 Å². The number of nitrogens with zero attached hydrogens (tertiary/aromatic N) is 3. The number of likely N-dealkylation sites (tertiary alicyclic amines) is 1. The molecular formula is C16H26N4O3. The van der Waals surface area contributed by atoms with Crippen LogP contribution < -0.4 is 16.6 Å². The first-order valence-electron chi connectivity index (χ1n) is 8.15. The molecule has 1 saturated heterocycles. The van der Waals surface area contributed by atoms with Crippen LogP contribution in [0.4, 0.5) is 0 Å². The van der Waals surface area contributed by atoms with E-state index in [4.69, 9.17) is 0 Å². The van der Waals surface area contributed by atoms with Gasteiger partial charge in [0.1, 0.15) is 6.54 Å². The third-order valence-electron chi connectivity index (χ3n) is 4.15. The zero-order valence-corrected chi connectivity index (χ0v) is 14.1. The van der Waals surface area contributed by atoms with Crippen molar-refractivity contribution in [3.05, 3.63) is 33.1 Å². The Balaban J connectivity index is 1.86. The first-order chi connectivity index (χ1) is 10.9. The molecule has 0 unspecified atom stereocenters. The predicted octanol–water partition coefficient (Wildman–Crippen LogP) is -0.216. The van der Waals surface area contributed by atoms with E-state index in [9.17, 15) is 14.4 Å². The Labute approximate surface area is 135 Å². The van der Waals surface area contributed by atoms with Crippen molar-refractivity contribution in [3.8, 4) is 0 Å². The van der Waals surface area contributed by atoms with Gasteiger partial charge in [-0.05, 0) is 18.8 Å². The highest BCUT2D eigenvalue weighted by Crippen LogP contribution is 2.12. The predicted molar refractivity (Wildman–Crippen MR) is 88.4 cm³/mol. The van der Waals surface area contributed by atoms with Gasteiger partial charge < -0.3 is 10.2 Å². The van der Waals surface area contributed by atoms with Crippen LogP contribution in [-0.2, 0) is 18.4 Å². The first-order valence-corrected chi connectivity index (χ1v) is 8.15. The highest BCUT2D eigenvalue weighted by Gasteiger charge is 2.21. The van der Waals surface area contributed by atoms with Gasteiger partial charge in [0.25, 0.3) is 5.56 Å². The van der Waals surface area contributed by atoms with Gasteiger partial charge in [-0.25, -0.2) is 4.79 Å². The minimum atomic E-state index is -0.473. The van der Waals surface area contributed by atoms with E-state index in [1.165, 1.54) is 23.9 Å². The Bertz CT molecular complexity index is 654. The van der Waals surface area contributed by atoms with Crippen molar-refractivity contribution in [2.75, 3.05) is 19.6 Å². The Morgan fingerprint density at radius 1 is 1.30 bits per heavy atom. The van der Waals surface area contributed by atoms with Crippen LogP contribution in [0.3, 0.4) is 0 Å². The van der Waals surface area contributed by atoms with Gasteiger partial charge >= 0.3 is 5.69 Å². The second-order valence-electron chi connectivity index (χ2n) is 6.66. The SMILES string of the molecule is CC(C)CN1CCC(NC(=O)Cn2ccc(=O)n(C)c2=O)CC1. The van der Waals surface area contributed by atoms with Crippen molar-refractivity contribution in [1.29, 1.82) is 0 Å². The summed E-state index contributed by atoms with van der Waals surface area (Å²) in [7, 11) is 1.41. The largest absolute Gasteiger partial charge is 0.352 e. The molecule has 0 radical (unpaired) electrons. The lowest BCUT2D eigenvalue weighted by molar-refractivity contribution is -0.122. The fourth-order valence-corrected chi connectivity index (χ4v) is 2.94. The molecular weight excluding hydrogens is 296 g/mol. The van der Waals surface area contributed by atoms with Gasteiger partial charge in [0.2, 0.25) is 5.91 Å². The van der Waals surface area contributed by atoms with E-state index in [0.29, 0.717) is 5.92 Å². The number of piperidine rings is 1. The van der Waals surface area contributed by atoms with Crippen molar-refractivity contribution < 1.29 is 4.79 Å². The fourth-order valence-electron chi connectivity index (χ4n) is 2.94. The molecule has 1 aliphatic rings. The molecule has 0 bridgehead atoms. The summed E-state index contributed by atoms with van der Waals surface area (Å²) >= 11 is 0. The lowest BCUT2D eigenvalue weighted by Crippen LogP contribution is -2.47. The lowest BCUT2D eigenvalue weighted by atomic mass is 10.0. The molecule has 0 atom stereocenters. The molecule has 0 spiro atoms.